The fourth-order valence-corrected chi connectivity index (χ4v) is 3.56. The molecule has 1 aromatic heterocycles. The minimum Gasteiger partial charge on any atom is -0.481 e. The molecule has 0 bridgehead atoms. The van der Waals surface area contributed by atoms with Gasteiger partial charge in [0.25, 0.3) is 5.91 Å². The minimum atomic E-state index is -0.869. The highest BCUT2D eigenvalue weighted by Crippen LogP contribution is 2.45. The van der Waals surface area contributed by atoms with Crippen molar-refractivity contribution in [3.63, 3.8) is 0 Å². The molecule has 27 heavy (non-hydrogen) atoms. The lowest BCUT2D eigenvalue weighted by atomic mass is 10.1. The first-order valence-electron chi connectivity index (χ1n) is 8.92. The number of thiophene rings is 1. The van der Waals surface area contributed by atoms with Crippen LogP contribution in [0.2, 0.25) is 0 Å². The lowest BCUT2D eigenvalue weighted by Gasteiger charge is -2.12. The van der Waals surface area contributed by atoms with Crippen molar-refractivity contribution in [2.24, 2.45) is 5.41 Å². The number of aliphatic carboxylic acids is 1. The van der Waals surface area contributed by atoms with E-state index in [0.29, 0.717) is 30.5 Å². The van der Waals surface area contributed by atoms with Crippen LogP contribution in [0.15, 0.2) is 41.8 Å². The van der Waals surface area contributed by atoms with Crippen LogP contribution < -0.4 is 10.6 Å². The van der Waals surface area contributed by atoms with Gasteiger partial charge in [-0.25, -0.2) is 0 Å². The number of hydrogen-bond donors (Lipinski definition) is 3. The number of carbonyl (C=O) groups excluding carboxylic acids is 2. The Morgan fingerprint density at radius 2 is 1.96 bits per heavy atom. The first kappa shape index (κ1) is 19.1. The summed E-state index contributed by atoms with van der Waals surface area (Å²) < 4.78 is 0. The molecule has 6 nitrogen and oxygen atoms in total. The van der Waals surface area contributed by atoms with Gasteiger partial charge in [-0.05, 0) is 55.3 Å². The maximum atomic E-state index is 12.3. The van der Waals surface area contributed by atoms with Gasteiger partial charge in [-0.1, -0.05) is 12.1 Å². The predicted molar refractivity (Wildman–Crippen MR) is 104 cm³/mol. The Morgan fingerprint density at radius 3 is 2.63 bits per heavy atom. The summed E-state index contributed by atoms with van der Waals surface area (Å²) in [5, 5.41) is 16.7. The Hall–Kier alpha value is -2.67. The van der Waals surface area contributed by atoms with E-state index in [1.807, 2.05) is 11.4 Å². The largest absolute Gasteiger partial charge is 0.481 e. The van der Waals surface area contributed by atoms with E-state index in [9.17, 15) is 14.4 Å². The third-order valence-corrected chi connectivity index (χ3v) is 5.65. The third kappa shape index (κ3) is 5.17. The molecule has 0 saturated heterocycles. The Balaban J connectivity index is 1.48. The van der Waals surface area contributed by atoms with Crippen molar-refractivity contribution >= 4 is 34.8 Å². The van der Waals surface area contributed by atoms with Crippen LogP contribution in [0.4, 0.5) is 5.69 Å². The van der Waals surface area contributed by atoms with Crippen LogP contribution in [0.5, 0.6) is 0 Å². The first-order chi connectivity index (χ1) is 13.0. The van der Waals surface area contributed by atoms with Crippen LogP contribution in [-0.2, 0) is 16.0 Å². The Labute approximate surface area is 161 Å². The number of benzene rings is 1. The van der Waals surface area contributed by atoms with Crippen LogP contribution in [-0.4, -0.2) is 29.4 Å². The van der Waals surface area contributed by atoms with Crippen LogP contribution in [0.3, 0.4) is 0 Å². The second-order valence-corrected chi connectivity index (χ2v) is 7.86. The molecular formula is C20H22N2O4S. The molecule has 1 aliphatic rings. The molecule has 1 fully saturated rings. The van der Waals surface area contributed by atoms with Gasteiger partial charge in [0.2, 0.25) is 5.91 Å². The summed E-state index contributed by atoms with van der Waals surface area (Å²) in [5.41, 5.74) is 0.153. The summed E-state index contributed by atoms with van der Waals surface area (Å²) in [6.07, 6.45) is 3.23. The van der Waals surface area contributed by atoms with Gasteiger partial charge in [0.15, 0.2) is 0 Å². The summed E-state index contributed by atoms with van der Waals surface area (Å²) in [6.45, 7) is 0.125. The van der Waals surface area contributed by atoms with E-state index in [2.05, 4.69) is 16.7 Å². The standard InChI is InChI=1S/C20H22N2O4S/c23-17(8-2-6-16-7-3-11-27-16)22-15-5-1-4-14(12-15)18(24)21-13-20(9-10-20)19(25)26/h1,3-5,7,11-12H,2,6,8-10,13H2,(H,21,24)(H,22,23)(H,25,26). The van der Waals surface area contributed by atoms with Crippen LogP contribution in [0.1, 0.15) is 40.9 Å². The number of anilines is 1. The van der Waals surface area contributed by atoms with Gasteiger partial charge in [-0.15, -0.1) is 11.3 Å². The molecule has 1 heterocycles. The molecule has 0 atom stereocenters. The zero-order valence-electron chi connectivity index (χ0n) is 14.9. The number of hydrogen-bond acceptors (Lipinski definition) is 4. The smallest absolute Gasteiger partial charge is 0.311 e. The highest BCUT2D eigenvalue weighted by Gasteiger charge is 2.50. The second-order valence-electron chi connectivity index (χ2n) is 6.83. The summed E-state index contributed by atoms with van der Waals surface area (Å²) in [4.78, 5) is 36.8. The molecule has 1 aromatic carbocycles. The van der Waals surface area contributed by atoms with Gasteiger partial charge in [0.1, 0.15) is 0 Å². The zero-order valence-corrected chi connectivity index (χ0v) is 15.7. The molecule has 1 saturated carbocycles. The maximum Gasteiger partial charge on any atom is 0.311 e. The quantitative estimate of drug-likeness (QED) is 0.616. The van der Waals surface area contributed by atoms with Crippen molar-refractivity contribution in [2.45, 2.75) is 32.1 Å². The van der Waals surface area contributed by atoms with Crippen molar-refractivity contribution in [3.05, 3.63) is 52.2 Å². The number of carboxylic acid groups (broad SMARTS) is 1. The zero-order chi connectivity index (χ0) is 19.3. The Bertz CT molecular complexity index is 828. The van der Waals surface area contributed by atoms with E-state index in [1.165, 1.54) is 4.88 Å². The van der Waals surface area contributed by atoms with E-state index in [0.717, 1.165) is 12.8 Å². The molecular weight excluding hydrogens is 364 g/mol. The number of carbonyl (C=O) groups is 3. The lowest BCUT2D eigenvalue weighted by molar-refractivity contribution is -0.143. The monoisotopic (exact) mass is 386 g/mol. The highest BCUT2D eigenvalue weighted by molar-refractivity contribution is 7.09. The van der Waals surface area contributed by atoms with Crippen molar-refractivity contribution < 1.29 is 19.5 Å². The molecule has 0 aliphatic heterocycles. The Morgan fingerprint density at radius 1 is 1.15 bits per heavy atom. The van der Waals surface area contributed by atoms with Gasteiger partial charge in [0, 0.05) is 29.1 Å². The third-order valence-electron chi connectivity index (χ3n) is 4.71. The number of rotatable bonds is 9. The van der Waals surface area contributed by atoms with Crippen LogP contribution >= 0.6 is 11.3 Å². The summed E-state index contributed by atoms with van der Waals surface area (Å²) in [5.74, 6) is -1.30. The van der Waals surface area contributed by atoms with Crippen molar-refractivity contribution in [1.82, 2.24) is 5.32 Å². The summed E-state index contributed by atoms with van der Waals surface area (Å²) >= 11 is 1.68. The van der Waals surface area contributed by atoms with Gasteiger partial charge < -0.3 is 15.7 Å². The van der Waals surface area contributed by atoms with E-state index >= 15 is 0 Å². The van der Waals surface area contributed by atoms with Gasteiger partial charge in [-0.3, -0.25) is 14.4 Å². The van der Waals surface area contributed by atoms with Crippen LogP contribution in [0.25, 0.3) is 0 Å². The molecule has 0 radical (unpaired) electrons. The SMILES string of the molecule is O=C(CCCc1cccs1)Nc1cccc(C(=O)NCC2(C(=O)O)CC2)c1. The average Bonchev–Trinajstić information content (AvgIpc) is 3.28. The Kier molecular flexibility index (Phi) is 5.91. The number of aryl methyl sites for hydroxylation is 1. The van der Waals surface area contributed by atoms with Gasteiger partial charge in [-0.2, -0.15) is 0 Å². The summed E-state index contributed by atoms with van der Waals surface area (Å²) in [6, 6.07) is 10.7. The van der Waals surface area contributed by atoms with Crippen molar-refractivity contribution in [1.29, 1.82) is 0 Å². The lowest BCUT2D eigenvalue weighted by Crippen LogP contribution is -2.34. The molecule has 3 rings (SSSR count). The van der Waals surface area contributed by atoms with E-state index < -0.39 is 11.4 Å². The fourth-order valence-electron chi connectivity index (χ4n) is 2.81. The highest BCUT2D eigenvalue weighted by atomic mass is 32.1. The van der Waals surface area contributed by atoms with Gasteiger partial charge in [0.05, 0.1) is 5.41 Å². The van der Waals surface area contributed by atoms with Crippen molar-refractivity contribution in [2.75, 3.05) is 11.9 Å². The minimum absolute atomic E-state index is 0.0908. The van der Waals surface area contributed by atoms with E-state index in [4.69, 9.17) is 5.11 Å². The molecule has 142 valence electrons. The average molecular weight is 386 g/mol. The molecule has 1 aliphatic carbocycles. The fraction of sp³-hybridized carbons (Fsp3) is 0.350. The van der Waals surface area contributed by atoms with E-state index in [1.54, 1.807) is 35.6 Å². The molecule has 7 heteroatoms. The van der Waals surface area contributed by atoms with Gasteiger partial charge >= 0.3 is 5.97 Å². The molecule has 3 N–H and O–H groups in total. The number of nitrogens with one attached hydrogen (secondary N) is 2. The predicted octanol–water partition coefficient (Wildman–Crippen LogP) is 3.30. The number of carboxylic acids is 1. The molecule has 2 amide bonds. The normalized spacial score (nSPS) is 14.4. The van der Waals surface area contributed by atoms with Crippen LogP contribution in [0, 0.1) is 5.41 Å². The van der Waals surface area contributed by atoms with E-state index in [-0.39, 0.29) is 18.4 Å². The molecule has 2 aromatic rings. The maximum absolute atomic E-state index is 12.3. The second kappa shape index (κ2) is 8.35. The topological polar surface area (TPSA) is 95.5 Å². The summed E-state index contributed by atoms with van der Waals surface area (Å²) in [7, 11) is 0. The first-order valence-corrected chi connectivity index (χ1v) is 9.80. The number of amides is 2. The molecule has 0 spiro atoms. The van der Waals surface area contributed by atoms with Crippen molar-refractivity contribution in [3.8, 4) is 0 Å². The molecule has 0 unspecified atom stereocenters.